The van der Waals surface area contributed by atoms with Gasteiger partial charge in [0.15, 0.2) is 0 Å². The molecule has 0 spiro atoms. The predicted molar refractivity (Wildman–Crippen MR) is 72.1 cm³/mol. The van der Waals surface area contributed by atoms with Crippen molar-refractivity contribution in [3.8, 4) is 11.6 Å². The van der Waals surface area contributed by atoms with Crippen molar-refractivity contribution in [1.82, 2.24) is 4.98 Å². The highest BCUT2D eigenvalue weighted by Gasteiger charge is 2.15. The summed E-state index contributed by atoms with van der Waals surface area (Å²) >= 11 is 11.8. The molecule has 0 atom stereocenters. The van der Waals surface area contributed by atoms with Gasteiger partial charge in [-0.2, -0.15) is 0 Å². The Hall–Kier alpha value is -1.98. The number of benzene rings is 1. The standard InChI is InChI=1S/C12H8Cl2N2O3/c13-6-1-2-8(14)9(5-6)19-11-10(15)7(12(17)18)3-4-16-11/h1-5H,15H2,(H,17,18). The summed E-state index contributed by atoms with van der Waals surface area (Å²) in [5.74, 6) is -0.957. The summed E-state index contributed by atoms with van der Waals surface area (Å²) in [4.78, 5) is 14.8. The van der Waals surface area contributed by atoms with Gasteiger partial charge in [0.2, 0.25) is 5.88 Å². The molecule has 98 valence electrons. The zero-order valence-electron chi connectivity index (χ0n) is 9.43. The molecule has 1 aromatic carbocycles. The van der Waals surface area contributed by atoms with Gasteiger partial charge < -0.3 is 15.6 Å². The van der Waals surface area contributed by atoms with Crippen molar-refractivity contribution >= 4 is 34.9 Å². The number of nitrogens with zero attached hydrogens (tertiary/aromatic N) is 1. The third kappa shape index (κ3) is 2.89. The molecule has 0 aliphatic heterocycles. The molecule has 2 rings (SSSR count). The van der Waals surface area contributed by atoms with Crippen molar-refractivity contribution in [2.45, 2.75) is 0 Å². The van der Waals surface area contributed by atoms with Gasteiger partial charge in [0, 0.05) is 17.3 Å². The third-order valence-electron chi connectivity index (χ3n) is 2.28. The number of aromatic nitrogens is 1. The minimum atomic E-state index is -1.16. The van der Waals surface area contributed by atoms with Crippen LogP contribution in [-0.4, -0.2) is 16.1 Å². The van der Waals surface area contributed by atoms with E-state index in [4.69, 9.17) is 38.8 Å². The van der Waals surface area contributed by atoms with Gasteiger partial charge in [-0.05, 0) is 18.2 Å². The fraction of sp³-hybridized carbons (Fsp3) is 0. The molecule has 0 saturated carbocycles. The lowest BCUT2D eigenvalue weighted by Crippen LogP contribution is -2.05. The van der Waals surface area contributed by atoms with Crippen LogP contribution in [0.3, 0.4) is 0 Å². The Bertz CT molecular complexity index is 647. The van der Waals surface area contributed by atoms with E-state index in [1.807, 2.05) is 0 Å². The van der Waals surface area contributed by atoms with E-state index in [0.717, 1.165) is 0 Å². The Balaban J connectivity index is 2.41. The summed E-state index contributed by atoms with van der Waals surface area (Å²) in [5, 5.41) is 9.68. The molecule has 1 heterocycles. The highest BCUT2D eigenvalue weighted by Crippen LogP contribution is 2.34. The van der Waals surface area contributed by atoms with Crippen molar-refractivity contribution < 1.29 is 14.6 Å². The van der Waals surface area contributed by atoms with Crippen LogP contribution in [0.15, 0.2) is 30.5 Å². The zero-order valence-corrected chi connectivity index (χ0v) is 10.9. The van der Waals surface area contributed by atoms with Crippen LogP contribution in [0.1, 0.15) is 10.4 Å². The van der Waals surface area contributed by atoms with Crippen LogP contribution in [0.2, 0.25) is 10.0 Å². The van der Waals surface area contributed by atoms with Crippen molar-refractivity contribution in [2.24, 2.45) is 0 Å². The number of halogens is 2. The molecule has 1 aromatic heterocycles. The molecule has 2 aromatic rings. The number of ether oxygens (including phenoxy) is 1. The van der Waals surface area contributed by atoms with Gasteiger partial charge >= 0.3 is 5.97 Å². The number of hydrogen-bond donors (Lipinski definition) is 2. The molecule has 0 fully saturated rings. The quantitative estimate of drug-likeness (QED) is 0.906. The van der Waals surface area contributed by atoms with E-state index in [0.29, 0.717) is 10.0 Å². The van der Waals surface area contributed by atoms with Gasteiger partial charge in [-0.3, -0.25) is 0 Å². The first-order valence-corrected chi connectivity index (χ1v) is 5.85. The minimum absolute atomic E-state index is 0.0379. The summed E-state index contributed by atoms with van der Waals surface area (Å²) < 4.78 is 5.40. The maximum atomic E-state index is 10.9. The number of hydrogen-bond acceptors (Lipinski definition) is 4. The number of carboxylic acids is 1. The monoisotopic (exact) mass is 298 g/mol. The Morgan fingerprint density at radius 1 is 1.32 bits per heavy atom. The average Bonchev–Trinajstić information content (AvgIpc) is 2.36. The molecule has 0 unspecified atom stereocenters. The second-order valence-corrected chi connectivity index (χ2v) is 4.40. The Kier molecular flexibility index (Phi) is 3.78. The smallest absolute Gasteiger partial charge is 0.338 e. The number of nitrogens with two attached hydrogens (primary N) is 1. The molecule has 0 radical (unpaired) electrons. The SMILES string of the molecule is Nc1c(C(=O)O)ccnc1Oc1cc(Cl)ccc1Cl. The molecule has 0 saturated heterocycles. The highest BCUT2D eigenvalue weighted by atomic mass is 35.5. The lowest BCUT2D eigenvalue weighted by Gasteiger charge is -2.10. The normalized spacial score (nSPS) is 10.2. The number of nitrogen functional groups attached to an aromatic ring is 1. The molecular formula is C12H8Cl2N2O3. The number of carbonyl (C=O) groups is 1. The molecule has 0 amide bonds. The van der Waals surface area contributed by atoms with Gasteiger partial charge in [0.25, 0.3) is 0 Å². The Morgan fingerprint density at radius 3 is 2.74 bits per heavy atom. The van der Waals surface area contributed by atoms with Crippen LogP contribution in [-0.2, 0) is 0 Å². The molecule has 0 aliphatic carbocycles. The van der Waals surface area contributed by atoms with Crippen molar-refractivity contribution in [3.63, 3.8) is 0 Å². The molecule has 7 heteroatoms. The van der Waals surface area contributed by atoms with E-state index in [9.17, 15) is 4.79 Å². The van der Waals surface area contributed by atoms with E-state index in [1.54, 1.807) is 12.1 Å². The summed E-state index contributed by atoms with van der Waals surface area (Å²) in [6.07, 6.45) is 1.29. The summed E-state index contributed by atoms with van der Waals surface area (Å²) in [6.45, 7) is 0. The summed E-state index contributed by atoms with van der Waals surface area (Å²) in [5.41, 5.74) is 5.50. The number of rotatable bonds is 3. The van der Waals surface area contributed by atoms with Crippen LogP contribution in [0, 0.1) is 0 Å². The van der Waals surface area contributed by atoms with Crippen LogP contribution in [0.25, 0.3) is 0 Å². The number of carboxylic acid groups (broad SMARTS) is 1. The van der Waals surface area contributed by atoms with Crippen LogP contribution in [0.5, 0.6) is 11.6 Å². The number of anilines is 1. The molecule has 0 bridgehead atoms. The molecule has 0 aliphatic rings. The first kappa shape index (κ1) is 13.5. The fourth-order valence-corrected chi connectivity index (χ4v) is 1.70. The molecule has 5 nitrogen and oxygen atoms in total. The number of pyridine rings is 1. The van der Waals surface area contributed by atoms with Crippen molar-refractivity contribution in [1.29, 1.82) is 0 Å². The van der Waals surface area contributed by atoms with Crippen LogP contribution in [0.4, 0.5) is 5.69 Å². The molecule has 3 N–H and O–H groups in total. The molecule has 19 heavy (non-hydrogen) atoms. The Labute approximate surface area is 118 Å². The highest BCUT2D eigenvalue weighted by molar-refractivity contribution is 6.34. The maximum Gasteiger partial charge on any atom is 0.338 e. The van der Waals surface area contributed by atoms with Crippen LogP contribution >= 0.6 is 23.2 Å². The number of aromatic carboxylic acids is 1. The minimum Gasteiger partial charge on any atom is -0.478 e. The second-order valence-electron chi connectivity index (χ2n) is 3.56. The van der Waals surface area contributed by atoms with E-state index < -0.39 is 5.97 Å². The lowest BCUT2D eigenvalue weighted by atomic mass is 10.2. The van der Waals surface area contributed by atoms with Crippen LogP contribution < -0.4 is 10.5 Å². The largest absolute Gasteiger partial charge is 0.478 e. The van der Waals surface area contributed by atoms with Crippen molar-refractivity contribution in [3.05, 3.63) is 46.1 Å². The topological polar surface area (TPSA) is 85.4 Å². The van der Waals surface area contributed by atoms with E-state index in [-0.39, 0.29) is 22.9 Å². The maximum absolute atomic E-state index is 10.9. The van der Waals surface area contributed by atoms with E-state index in [2.05, 4.69) is 4.98 Å². The second kappa shape index (κ2) is 5.34. The predicted octanol–water partition coefficient (Wildman–Crippen LogP) is 3.46. The Morgan fingerprint density at radius 2 is 2.05 bits per heavy atom. The first-order valence-electron chi connectivity index (χ1n) is 5.09. The summed E-state index contributed by atoms with van der Waals surface area (Å²) in [7, 11) is 0. The van der Waals surface area contributed by atoms with Crippen molar-refractivity contribution in [2.75, 3.05) is 5.73 Å². The lowest BCUT2D eigenvalue weighted by molar-refractivity contribution is 0.0697. The average molecular weight is 299 g/mol. The molecular weight excluding hydrogens is 291 g/mol. The first-order chi connectivity index (χ1) is 8.99. The van der Waals surface area contributed by atoms with E-state index in [1.165, 1.54) is 18.3 Å². The van der Waals surface area contributed by atoms with Gasteiger partial charge in [0.05, 0.1) is 10.6 Å². The zero-order chi connectivity index (χ0) is 14.0. The van der Waals surface area contributed by atoms with Gasteiger partial charge in [-0.25, -0.2) is 9.78 Å². The van der Waals surface area contributed by atoms with Gasteiger partial charge in [0.1, 0.15) is 11.4 Å². The summed E-state index contributed by atoms with van der Waals surface area (Å²) in [6, 6.07) is 5.92. The third-order valence-corrected chi connectivity index (χ3v) is 2.83. The van der Waals surface area contributed by atoms with Gasteiger partial charge in [-0.15, -0.1) is 0 Å². The van der Waals surface area contributed by atoms with E-state index >= 15 is 0 Å². The fourth-order valence-electron chi connectivity index (χ4n) is 1.38. The van der Waals surface area contributed by atoms with Gasteiger partial charge in [-0.1, -0.05) is 23.2 Å².